The summed E-state index contributed by atoms with van der Waals surface area (Å²) in [4.78, 5) is 12.1. The van der Waals surface area contributed by atoms with E-state index in [2.05, 4.69) is 26.3 Å². The molecule has 3 heterocycles. The van der Waals surface area contributed by atoms with Gasteiger partial charge in [0.25, 0.3) is 0 Å². The monoisotopic (exact) mass is 264 g/mol. The van der Waals surface area contributed by atoms with Crippen LogP contribution in [0.25, 0.3) is 10.2 Å². The number of β-amino-alcohol motifs (C(OH)–C–C–N with tert-alkyl or cyclic N) is 1. The molecule has 96 valence electrons. The Kier molecular flexibility index (Phi) is 3.05. The number of aliphatic hydroxyl groups is 1. The smallest absolute Gasteiger partial charge is 0.225 e. The van der Waals surface area contributed by atoms with Crippen molar-refractivity contribution >= 4 is 33.3 Å². The number of anilines is 2. The van der Waals surface area contributed by atoms with Crippen molar-refractivity contribution in [3.63, 3.8) is 0 Å². The predicted octanol–water partition coefficient (Wildman–Crippen LogP) is 1.69. The number of thiophene rings is 1. The van der Waals surface area contributed by atoms with Gasteiger partial charge in [-0.15, -0.1) is 11.3 Å². The highest BCUT2D eigenvalue weighted by Crippen LogP contribution is 2.30. The molecule has 0 spiro atoms. The molecule has 0 amide bonds. The summed E-state index contributed by atoms with van der Waals surface area (Å²) in [6.07, 6.45) is 1.64. The molecule has 6 heteroatoms. The molecule has 3 rings (SSSR count). The Bertz CT molecular complexity index is 556. The van der Waals surface area contributed by atoms with Crippen molar-refractivity contribution in [2.45, 2.75) is 18.9 Å². The van der Waals surface area contributed by atoms with Crippen molar-refractivity contribution in [1.82, 2.24) is 9.97 Å². The number of nitrogens with one attached hydrogen (secondary N) is 1. The molecule has 0 aromatic carbocycles. The van der Waals surface area contributed by atoms with Gasteiger partial charge in [0, 0.05) is 20.1 Å². The quantitative estimate of drug-likeness (QED) is 0.864. The van der Waals surface area contributed by atoms with E-state index >= 15 is 0 Å². The normalized spacial score (nSPS) is 20.3. The van der Waals surface area contributed by atoms with E-state index in [1.807, 2.05) is 12.4 Å². The third-order valence-corrected chi connectivity index (χ3v) is 4.03. The van der Waals surface area contributed by atoms with Gasteiger partial charge >= 0.3 is 0 Å². The Balaban J connectivity index is 2.05. The van der Waals surface area contributed by atoms with Crippen LogP contribution in [-0.2, 0) is 0 Å². The van der Waals surface area contributed by atoms with Gasteiger partial charge in [-0.2, -0.15) is 4.98 Å². The van der Waals surface area contributed by atoms with E-state index < -0.39 is 0 Å². The molecule has 0 saturated carbocycles. The van der Waals surface area contributed by atoms with Crippen LogP contribution in [0, 0.1) is 0 Å². The van der Waals surface area contributed by atoms with Crippen LogP contribution in [-0.4, -0.2) is 41.3 Å². The van der Waals surface area contributed by atoms with Crippen LogP contribution in [0.2, 0.25) is 0 Å². The van der Waals surface area contributed by atoms with E-state index in [0.29, 0.717) is 12.5 Å². The summed E-state index contributed by atoms with van der Waals surface area (Å²) in [6.45, 7) is 1.60. The van der Waals surface area contributed by atoms with Crippen molar-refractivity contribution in [2.24, 2.45) is 0 Å². The highest BCUT2D eigenvalue weighted by Gasteiger charge is 2.21. The molecule has 1 aliphatic heterocycles. The van der Waals surface area contributed by atoms with Gasteiger partial charge in [0.15, 0.2) is 0 Å². The average molecular weight is 264 g/mol. The summed E-state index contributed by atoms with van der Waals surface area (Å²) < 4.78 is 0. The Morgan fingerprint density at radius 3 is 3.17 bits per heavy atom. The van der Waals surface area contributed by atoms with Crippen LogP contribution < -0.4 is 10.2 Å². The molecular weight excluding hydrogens is 248 g/mol. The number of aromatic nitrogens is 2. The van der Waals surface area contributed by atoms with Crippen molar-refractivity contribution in [2.75, 3.05) is 30.4 Å². The van der Waals surface area contributed by atoms with Gasteiger partial charge in [0.2, 0.25) is 5.95 Å². The first-order valence-electron chi connectivity index (χ1n) is 6.14. The van der Waals surface area contributed by atoms with E-state index in [1.165, 1.54) is 0 Å². The first kappa shape index (κ1) is 11.7. The van der Waals surface area contributed by atoms with Gasteiger partial charge in [0.1, 0.15) is 10.6 Å². The molecule has 5 nitrogen and oxygen atoms in total. The second kappa shape index (κ2) is 4.70. The fourth-order valence-corrected chi connectivity index (χ4v) is 3.10. The summed E-state index contributed by atoms with van der Waals surface area (Å²) >= 11 is 1.62. The summed E-state index contributed by atoms with van der Waals surface area (Å²) in [7, 11) is 1.82. The summed E-state index contributed by atoms with van der Waals surface area (Å²) in [6, 6.07) is 2.05. The maximum atomic E-state index is 9.79. The van der Waals surface area contributed by atoms with E-state index in [0.717, 1.165) is 35.4 Å². The van der Waals surface area contributed by atoms with E-state index in [4.69, 9.17) is 0 Å². The molecule has 2 N–H and O–H groups in total. The molecule has 1 atom stereocenters. The number of nitrogens with zero attached hydrogens (tertiary/aromatic N) is 3. The standard InChI is InChI=1S/C12H16N4OS/c1-13-12-14-10(9-4-6-18-11(9)15-12)16-5-2-3-8(17)7-16/h4,6,8,17H,2-3,5,7H2,1H3,(H,13,14,15). The van der Waals surface area contributed by atoms with E-state index in [9.17, 15) is 5.11 Å². The summed E-state index contributed by atoms with van der Waals surface area (Å²) in [5, 5.41) is 15.9. The lowest BCUT2D eigenvalue weighted by Gasteiger charge is -2.31. The molecule has 1 aliphatic rings. The fourth-order valence-electron chi connectivity index (χ4n) is 2.34. The van der Waals surface area contributed by atoms with Crippen LogP contribution in [0.3, 0.4) is 0 Å². The lowest BCUT2D eigenvalue weighted by atomic mass is 10.1. The maximum absolute atomic E-state index is 9.79. The zero-order chi connectivity index (χ0) is 12.5. The lowest BCUT2D eigenvalue weighted by molar-refractivity contribution is 0.154. The Labute approximate surface area is 109 Å². The summed E-state index contributed by atoms with van der Waals surface area (Å²) in [5.74, 6) is 1.57. The molecule has 1 saturated heterocycles. The van der Waals surface area contributed by atoms with E-state index in [1.54, 1.807) is 11.3 Å². The average Bonchev–Trinajstić information content (AvgIpc) is 2.85. The molecule has 2 aromatic heterocycles. The molecule has 0 radical (unpaired) electrons. The molecule has 1 fully saturated rings. The molecule has 2 aromatic rings. The predicted molar refractivity (Wildman–Crippen MR) is 74.4 cm³/mol. The Hall–Kier alpha value is -1.40. The molecule has 18 heavy (non-hydrogen) atoms. The topological polar surface area (TPSA) is 61.3 Å². The van der Waals surface area contributed by atoms with Crippen molar-refractivity contribution in [3.8, 4) is 0 Å². The van der Waals surface area contributed by atoms with Gasteiger partial charge in [-0.05, 0) is 24.3 Å². The first-order valence-corrected chi connectivity index (χ1v) is 7.02. The summed E-state index contributed by atoms with van der Waals surface area (Å²) in [5.41, 5.74) is 0. The van der Waals surface area contributed by atoms with E-state index in [-0.39, 0.29) is 6.10 Å². The fraction of sp³-hybridized carbons (Fsp3) is 0.500. The van der Waals surface area contributed by atoms with Crippen molar-refractivity contribution in [1.29, 1.82) is 0 Å². The number of hydrogen-bond donors (Lipinski definition) is 2. The van der Waals surface area contributed by atoms with Crippen molar-refractivity contribution < 1.29 is 5.11 Å². The number of rotatable bonds is 2. The van der Waals surface area contributed by atoms with Gasteiger partial charge in [0.05, 0.1) is 11.5 Å². The number of hydrogen-bond acceptors (Lipinski definition) is 6. The minimum absolute atomic E-state index is 0.250. The van der Waals surface area contributed by atoms with Crippen LogP contribution in [0.15, 0.2) is 11.4 Å². The second-order valence-corrected chi connectivity index (χ2v) is 5.40. The highest BCUT2D eigenvalue weighted by atomic mass is 32.1. The SMILES string of the molecule is CNc1nc(N2CCCC(O)C2)c2ccsc2n1. The third kappa shape index (κ3) is 2.02. The largest absolute Gasteiger partial charge is 0.391 e. The lowest BCUT2D eigenvalue weighted by Crippen LogP contribution is -2.38. The third-order valence-electron chi connectivity index (χ3n) is 3.22. The molecule has 1 unspecified atom stereocenters. The minimum atomic E-state index is -0.250. The molecular formula is C12H16N4OS. The number of piperidine rings is 1. The number of fused-ring (bicyclic) bond motifs is 1. The number of aliphatic hydroxyl groups excluding tert-OH is 1. The maximum Gasteiger partial charge on any atom is 0.225 e. The second-order valence-electron chi connectivity index (χ2n) is 4.50. The van der Waals surface area contributed by atoms with Gasteiger partial charge in [-0.3, -0.25) is 0 Å². The van der Waals surface area contributed by atoms with Crippen molar-refractivity contribution in [3.05, 3.63) is 11.4 Å². The minimum Gasteiger partial charge on any atom is -0.391 e. The molecule has 0 bridgehead atoms. The zero-order valence-electron chi connectivity index (χ0n) is 10.3. The van der Waals surface area contributed by atoms with Crippen LogP contribution in [0.4, 0.5) is 11.8 Å². The first-order chi connectivity index (χ1) is 8.78. The Morgan fingerprint density at radius 1 is 1.50 bits per heavy atom. The highest BCUT2D eigenvalue weighted by molar-refractivity contribution is 7.16. The van der Waals surface area contributed by atoms with Crippen LogP contribution in [0.5, 0.6) is 0 Å². The van der Waals surface area contributed by atoms with Gasteiger partial charge in [-0.1, -0.05) is 0 Å². The van der Waals surface area contributed by atoms with Gasteiger partial charge in [-0.25, -0.2) is 4.98 Å². The van der Waals surface area contributed by atoms with Crippen LogP contribution >= 0.6 is 11.3 Å². The van der Waals surface area contributed by atoms with Gasteiger partial charge < -0.3 is 15.3 Å². The molecule has 0 aliphatic carbocycles. The van der Waals surface area contributed by atoms with Crippen LogP contribution in [0.1, 0.15) is 12.8 Å². The Morgan fingerprint density at radius 2 is 2.39 bits per heavy atom. The zero-order valence-corrected chi connectivity index (χ0v) is 11.1.